The third-order valence-electron chi connectivity index (χ3n) is 4.56. The highest BCUT2D eigenvalue weighted by Gasteiger charge is 2.31. The first-order valence-corrected chi connectivity index (χ1v) is 12.3. The van der Waals surface area contributed by atoms with Crippen molar-refractivity contribution in [2.75, 3.05) is 25.5 Å². The molecule has 0 fully saturated rings. The van der Waals surface area contributed by atoms with E-state index in [9.17, 15) is 13.2 Å². The Morgan fingerprint density at radius 2 is 1.75 bits per heavy atom. The number of benzene rings is 2. The van der Waals surface area contributed by atoms with Gasteiger partial charge in [0, 0.05) is 17.0 Å². The molecule has 0 atom stereocenters. The molecule has 10 heteroatoms. The molecule has 0 radical (unpaired) electrons. The Hall–Kier alpha value is -2.75. The smallest absolute Gasteiger partial charge is 0.349 e. The van der Waals surface area contributed by atoms with Crippen LogP contribution in [0.15, 0.2) is 46.7 Å². The summed E-state index contributed by atoms with van der Waals surface area (Å²) in [6.07, 6.45) is 0. The highest BCUT2D eigenvalue weighted by Crippen LogP contribution is 2.40. The predicted octanol–water partition coefficient (Wildman–Crippen LogP) is 5.37. The van der Waals surface area contributed by atoms with Gasteiger partial charge in [0.05, 0.1) is 31.5 Å². The standard InChI is InChI=1S/C22H22ClNO6S2/c1-5-30-22(25)20-21(15(12-31-20)14-8-6-13(2)7-9-14)32(26,27)24-17-10-16(23)18(28-3)11-19(17)29-4/h6-12,24H,5H2,1-4H3. The van der Waals surface area contributed by atoms with Crippen molar-refractivity contribution in [2.24, 2.45) is 0 Å². The minimum atomic E-state index is -4.24. The molecule has 0 saturated heterocycles. The van der Waals surface area contributed by atoms with E-state index in [0.717, 1.165) is 16.9 Å². The number of esters is 1. The van der Waals surface area contributed by atoms with Crippen molar-refractivity contribution in [3.05, 3.63) is 57.2 Å². The zero-order chi connectivity index (χ0) is 23.5. The van der Waals surface area contributed by atoms with Crippen LogP contribution in [-0.4, -0.2) is 35.2 Å². The maximum Gasteiger partial charge on any atom is 0.349 e. The minimum absolute atomic E-state index is 0.0199. The largest absolute Gasteiger partial charge is 0.495 e. The van der Waals surface area contributed by atoms with E-state index in [1.807, 2.05) is 19.1 Å². The van der Waals surface area contributed by atoms with Crippen LogP contribution in [0.3, 0.4) is 0 Å². The van der Waals surface area contributed by atoms with E-state index in [0.29, 0.717) is 16.9 Å². The van der Waals surface area contributed by atoms with Crippen LogP contribution in [0.25, 0.3) is 11.1 Å². The van der Waals surface area contributed by atoms with Gasteiger partial charge in [0.2, 0.25) is 0 Å². The molecule has 0 spiro atoms. The van der Waals surface area contributed by atoms with Crippen molar-refractivity contribution in [1.82, 2.24) is 0 Å². The molecule has 3 aromatic rings. The van der Waals surface area contributed by atoms with Crippen LogP contribution in [0.4, 0.5) is 5.69 Å². The molecule has 1 aromatic heterocycles. The second-order valence-electron chi connectivity index (χ2n) is 6.69. The van der Waals surface area contributed by atoms with Crippen molar-refractivity contribution >= 4 is 44.6 Å². The molecule has 2 aromatic carbocycles. The van der Waals surface area contributed by atoms with Crippen LogP contribution in [0.1, 0.15) is 22.2 Å². The number of halogens is 1. The normalized spacial score (nSPS) is 11.2. The molecule has 170 valence electrons. The third-order valence-corrected chi connectivity index (χ3v) is 7.39. The van der Waals surface area contributed by atoms with E-state index in [2.05, 4.69) is 4.72 Å². The summed E-state index contributed by atoms with van der Waals surface area (Å²) in [5, 5.41) is 1.82. The van der Waals surface area contributed by atoms with Crippen LogP contribution in [0.2, 0.25) is 5.02 Å². The molecule has 3 rings (SSSR count). The lowest BCUT2D eigenvalue weighted by atomic mass is 10.1. The van der Waals surface area contributed by atoms with Gasteiger partial charge in [-0.05, 0) is 25.5 Å². The number of hydrogen-bond donors (Lipinski definition) is 1. The van der Waals surface area contributed by atoms with E-state index < -0.39 is 16.0 Å². The van der Waals surface area contributed by atoms with Gasteiger partial charge >= 0.3 is 5.97 Å². The SMILES string of the molecule is CCOC(=O)c1scc(-c2ccc(C)cc2)c1S(=O)(=O)Nc1cc(Cl)c(OC)cc1OC. The number of carbonyl (C=O) groups excluding carboxylic acids is 1. The summed E-state index contributed by atoms with van der Waals surface area (Å²) < 4.78 is 45.1. The Bertz CT molecular complexity index is 1240. The van der Waals surface area contributed by atoms with E-state index in [1.165, 1.54) is 26.4 Å². The molecule has 0 bridgehead atoms. The highest BCUT2D eigenvalue weighted by molar-refractivity contribution is 7.93. The first kappa shape index (κ1) is 23.9. The lowest BCUT2D eigenvalue weighted by molar-refractivity contribution is 0.0528. The van der Waals surface area contributed by atoms with Crippen molar-refractivity contribution in [3.8, 4) is 22.6 Å². The van der Waals surface area contributed by atoms with E-state index in [-0.39, 0.29) is 32.8 Å². The average Bonchev–Trinajstić information content (AvgIpc) is 3.21. The molecule has 7 nitrogen and oxygen atoms in total. The molecular formula is C22H22ClNO6S2. The molecule has 0 amide bonds. The first-order valence-electron chi connectivity index (χ1n) is 9.51. The van der Waals surface area contributed by atoms with Crippen molar-refractivity contribution in [2.45, 2.75) is 18.7 Å². The summed E-state index contributed by atoms with van der Waals surface area (Å²) in [7, 11) is -1.41. The zero-order valence-corrected chi connectivity index (χ0v) is 20.3. The molecule has 32 heavy (non-hydrogen) atoms. The predicted molar refractivity (Wildman–Crippen MR) is 126 cm³/mol. The van der Waals surface area contributed by atoms with Crippen LogP contribution >= 0.6 is 22.9 Å². The van der Waals surface area contributed by atoms with Gasteiger partial charge in [-0.1, -0.05) is 41.4 Å². The number of carbonyl (C=O) groups is 1. The number of aryl methyl sites for hydroxylation is 1. The average molecular weight is 496 g/mol. The molecular weight excluding hydrogens is 474 g/mol. The Kier molecular flexibility index (Phi) is 7.33. The molecule has 0 aliphatic rings. The quantitative estimate of drug-likeness (QED) is 0.422. The molecule has 1 heterocycles. The second kappa shape index (κ2) is 9.81. The number of sulfonamides is 1. The van der Waals surface area contributed by atoms with Gasteiger partial charge in [-0.15, -0.1) is 11.3 Å². The second-order valence-corrected chi connectivity index (χ2v) is 9.59. The molecule has 0 unspecified atom stereocenters. The first-order chi connectivity index (χ1) is 15.2. The van der Waals surface area contributed by atoms with Gasteiger partial charge in [0.25, 0.3) is 10.0 Å². The summed E-state index contributed by atoms with van der Waals surface area (Å²) in [5.41, 5.74) is 2.18. The number of anilines is 1. The number of hydrogen-bond acceptors (Lipinski definition) is 7. The summed E-state index contributed by atoms with van der Waals surface area (Å²) in [6, 6.07) is 10.2. The number of rotatable bonds is 8. The van der Waals surface area contributed by atoms with Crippen LogP contribution < -0.4 is 14.2 Å². The maximum absolute atomic E-state index is 13.5. The van der Waals surface area contributed by atoms with E-state index in [4.69, 9.17) is 25.8 Å². The Labute approximate surface area is 195 Å². The number of methoxy groups -OCH3 is 2. The summed E-state index contributed by atoms with van der Waals surface area (Å²) >= 11 is 7.20. The maximum atomic E-state index is 13.5. The van der Waals surface area contributed by atoms with Gasteiger partial charge in [0.1, 0.15) is 21.3 Å². The van der Waals surface area contributed by atoms with Crippen LogP contribution in [0, 0.1) is 6.92 Å². The molecule has 0 aliphatic heterocycles. The lowest BCUT2D eigenvalue weighted by Gasteiger charge is -2.15. The van der Waals surface area contributed by atoms with Crippen molar-refractivity contribution < 1.29 is 27.4 Å². The fourth-order valence-corrected chi connectivity index (χ4v) is 6.01. The zero-order valence-electron chi connectivity index (χ0n) is 17.9. The topological polar surface area (TPSA) is 90.9 Å². The molecule has 0 aliphatic carbocycles. The van der Waals surface area contributed by atoms with Crippen molar-refractivity contribution in [3.63, 3.8) is 0 Å². The Morgan fingerprint density at radius 1 is 1.09 bits per heavy atom. The minimum Gasteiger partial charge on any atom is -0.495 e. The number of nitrogens with one attached hydrogen (secondary N) is 1. The number of ether oxygens (including phenoxy) is 3. The monoisotopic (exact) mass is 495 g/mol. The molecule has 0 saturated carbocycles. The summed E-state index contributed by atoms with van der Waals surface area (Å²) in [4.78, 5) is 12.4. The summed E-state index contributed by atoms with van der Waals surface area (Å²) in [6.45, 7) is 3.70. The number of thiophene rings is 1. The Morgan fingerprint density at radius 3 is 2.34 bits per heavy atom. The highest BCUT2D eigenvalue weighted by atomic mass is 35.5. The molecule has 1 N–H and O–H groups in total. The fraction of sp³-hybridized carbons (Fsp3) is 0.227. The van der Waals surface area contributed by atoms with Crippen LogP contribution in [-0.2, 0) is 14.8 Å². The fourth-order valence-electron chi connectivity index (χ4n) is 3.02. The van der Waals surface area contributed by atoms with Crippen LogP contribution in [0.5, 0.6) is 11.5 Å². The van der Waals surface area contributed by atoms with Crippen molar-refractivity contribution in [1.29, 1.82) is 0 Å². The van der Waals surface area contributed by atoms with Gasteiger partial charge < -0.3 is 14.2 Å². The van der Waals surface area contributed by atoms with Gasteiger partial charge in [-0.3, -0.25) is 4.72 Å². The van der Waals surface area contributed by atoms with Gasteiger partial charge in [-0.25, -0.2) is 13.2 Å². The van der Waals surface area contributed by atoms with Gasteiger partial charge in [0.15, 0.2) is 0 Å². The third kappa shape index (κ3) is 4.85. The van der Waals surface area contributed by atoms with Gasteiger partial charge in [-0.2, -0.15) is 0 Å². The Balaban J connectivity index is 2.16. The summed E-state index contributed by atoms with van der Waals surface area (Å²) in [5.74, 6) is -0.176. The van der Waals surface area contributed by atoms with E-state index >= 15 is 0 Å². The lowest BCUT2D eigenvalue weighted by Crippen LogP contribution is -2.17. The van der Waals surface area contributed by atoms with E-state index in [1.54, 1.807) is 24.4 Å².